The van der Waals surface area contributed by atoms with Crippen LogP contribution in [0.5, 0.6) is 0 Å². The molecule has 1 unspecified atom stereocenters. The number of thioether (sulfide) groups is 1. The second-order valence-corrected chi connectivity index (χ2v) is 10.0. The maximum atomic E-state index is 12.5. The summed E-state index contributed by atoms with van der Waals surface area (Å²) in [7, 11) is 0. The van der Waals surface area contributed by atoms with Crippen LogP contribution in [0.15, 0.2) is 52.4 Å². The molecule has 4 nitrogen and oxygen atoms in total. The molecule has 4 rings (SSSR count). The summed E-state index contributed by atoms with van der Waals surface area (Å²) >= 11 is 1.40. The first-order valence-corrected chi connectivity index (χ1v) is 11.9. The summed E-state index contributed by atoms with van der Waals surface area (Å²) in [6.45, 7) is 12.3. The van der Waals surface area contributed by atoms with Gasteiger partial charge in [-0.15, -0.1) is 0 Å². The van der Waals surface area contributed by atoms with Crippen LogP contribution >= 0.6 is 11.8 Å². The fourth-order valence-electron chi connectivity index (χ4n) is 4.75. The van der Waals surface area contributed by atoms with Crippen LogP contribution in [0.1, 0.15) is 63.6 Å². The third-order valence-electron chi connectivity index (χ3n) is 6.25. The van der Waals surface area contributed by atoms with E-state index in [1.54, 1.807) is 0 Å². The van der Waals surface area contributed by atoms with Crippen molar-refractivity contribution in [2.24, 2.45) is 4.99 Å². The molecule has 0 aliphatic carbocycles. The number of benzene rings is 2. The third-order valence-corrected chi connectivity index (χ3v) is 7.16. The van der Waals surface area contributed by atoms with Crippen LogP contribution < -0.4 is 10.2 Å². The molecule has 0 radical (unpaired) electrons. The van der Waals surface area contributed by atoms with E-state index in [1.165, 1.54) is 28.6 Å². The molecular weight excluding hydrogens is 402 g/mol. The SMILES string of the molecule is CCc1ccc(N=C2NC(=O)/C(=C\c3ccc4c(c3)C(C)CC(C)(C)N4CC)S2)cc1. The Balaban J connectivity index is 1.58. The zero-order valence-electron chi connectivity index (χ0n) is 19.0. The van der Waals surface area contributed by atoms with Gasteiger partial charge in [-0.05, 0) is 98.3 Å². The Hall–Kier alpha value is -2.53. The fraction of sp³-hybridized carbons (Fsp3) is 0.385. The summed E-state index contributed by atoms with van der Waals surface area (Å²) in [6, 6.07) is 14.7. The van der Waals surface area contributed by atoms with Gasteiger partial charge in [0.2, 0.25) is 0 Å². The molecule has 5 heteroatoms. The standard InChI is InChI=1S/C26H31N3OS/c1-6-18-8-11-20(12-9-18)27-25-28-24(30)23(31-25)15-19-10-13-22-21(14-19)17(3)16-26(4,5)29(22)7-2/h8-15,17H,6-7,16H2,1-5H3,(H,27,28,30)/b23-15+. The second kappa shape index (κ2) is 8.54. The predicted octanol–water partition coefficient (Wildman–Crippen LogP) is 6.25. The molecule has 1 amide bonds. The largest absolute Gasteiger partial charge is 0.366 e. The summed E-state index contributed by atoms with van der Waals surface area (Å²) < 4.78 is 0. The first-order chi connectivity index (χ1) is 14.8. The number of hydrogen-bond donors (Lipinski definition) is 1. The molecule has 2 heterocycles. The Kier molecular flexibility index (Phi) is 5.98. The number of aryl methyl sites for hydroxylation is 1. The number of carbonyl (C=O) groups excluding carboxylic acids is 1. The third kappa shape index (κ3) is 4.42. The van der Waals surface area contributed by atoms with Crippen molar-refractivity contribution in [2.75, 3.05) is 11.4 Å². The van der Waals surface area contributed by atoms with Crippen molar-refractivity contribution in [3.8, 4) is 0 Å². The highest BCUT2D eigenvalue weighted by molar-refractivity contribution is 8.18. The molecule has 0 bridgehead atoms. The highest BCUT2D eigenvalue weighted by Gasteiger charge is 2.35. The lowest BCUT2D eigenvalue weighted by molar-refractivity contribution is -0.115. The molecule has 2 aromatic carbocycles. The molecule has 1 fully saturated rings. The number of nitrogens with one attached hydrogen (secondary N) is 1. The van der Waals surface area contributed by atoms with Crippen molar-refractivity contribution in [1.82, 2.24) is 5.32 Å². The van der Waals surface area contributed by atoms with Gasteiger partial charge in [0.15, 0.2) is 5.17 Å². The number of amidine groups is 1. The van der Waals surface area contributed by atoms with E-state index in [9.17, 15) is 4.79 Å². The second-order valence-electron chi connectivity index (χ2n) is 8.98. The van der Waals surface area contributed by atoms with Crippen LogP contribution in [0.4, 0.5) is 11.4 Å². The van der Waals surface area contributed by atoms with Gasteiger partial charge < -0.3 is 10.2 Å². The van der Waals surface area contributed by atoms with Crippen LogP contribution in [0.3, 0.4) is 0 Å². The molecule has 2 aliphatic heterocycles. The van der Waals surface area contributed by atoms with Gasteiger partial charge in [-0.3, -0.25) is 4.79 Å². The highest BCUT2D eigenvalue weighted by atomic mass is 32.2. The molecule has 1 atom stereocenters. The zero-order chi connectivity index (χ0) is 22.2. The zero-order valence-corrected chi connectivity index (χ0v) is 19.8. The highest BCUT2D eigenvalue weighted by Crippen LogP contribution is 2.43. The Morgan fingerprint density at radius 2 is 1.94 bits per heavy atom. The van der Waals surface area contributed by atoms with Crippen molar-refractivity contribution in [2.45, 2.75) is 58.9 Å². The number of aliphatic imine (C=N–C) groups is 1. The van der Waals surface area contributed by atoms with Crippen molar-refractivity contribution in [3.63, 3.8) is 0 Å². The lowest BCUT2D eigenvalue weighted by Gasteiger charge is -2.47. The molecule has 0 spiro atoms. The average Bonchev–Trinajstić information content (AvgIpc) is 3.07. The number of fused-ring (bicyclic) bond motifs is 1. The minimum atomic E-state index is -0.0870. The van der Waals surface area contributed by atoms with Gasteiger partial charge in [-0.2, -0.15) is 0 Å². The number of anilines is 1. The Morgan fingerprint density at radius 3 is 2.61 bits per heavy atom. The van der Waals surface area contributed by atoms with Gasteiger partial charge in [0, 0.05) is 17.8 Å². The van der Waals surface area contributed by atoms with Gasteiger partial charge in [-0.25, -0.2) is 4.99 Å². The van der Waals surface area contributed by atoms with Gasteiger partial charge in [0.25, 0.3) is 5.91 Å². The van der Waals surface area contributed by atoms with Crippen LogP contribution in [0.25, 0.3) is 6.08 Å². The summed E-state index contributed by atoms with van der Waals surface area (Å²) in [4.78, 5) is 20.3. The maximum Gasteiger partial charge on any atom is 0.264 e. The normalized spacial score (nSPS) is 22.7. The molecule has 0 saturated carbocycles. The molecule has 0 aromatic heterocycles. The Labute approximate surface area is 189 Å². The summed E-state index contributed by atoms with van der Waals surface area (Å²) in [5.74, 6) is 0.399. The number of carbonyl (C=O) groups is 1. The number of amides is 1. The minimum absolute atomic E-state index is 0.0870. The van der Waals surface area contributed by atoms with E-state index < -0.39 is 0 Å². The summed E-state index contributed by atoms with van der Waals surface area (Å²) in [5.41, 5.74) is 6.03. The van der Waals surface area contributed by atoms with Crippen LogP contribution in [0.2, 0.25) is 0 Å². The fourth-order valence-corrected chi connectivity index (χ4v) is 5.59. The lowest BCUT2D eigenvalue weighted by atomic mass is 9.79. The Bertz CT molecular complexity index is 1050. The van der Waals surface area contributed by atoms with E-state index in [2.05, 4.69) is 80.2 Å². The number of hydrogen-bond acceptors (Lipinski definition) is 4. The summed E-state index contributed by atoms with van der Waals surface area (Å²) in [5, 5.41) is 3.53. The molecule has 2 aromatic rings. The van der Waals surface area contributed by atoms with Gasteiger partial charge in [-0.1, -0.05) is 32.0 Å². The van der Waals surface area contributed by atoms with E-state index in [1.807, 2.05) is 18.2 Å². The first kappa shape index (κ1) is 21.7. The Morgan fingerprint density at radius 1 is 1.19 bits per heavy atom. The molecule has 1 saturated heterocycles. The topological polar surface area (TPSA) is 44.7 Å². The monoisotopic (exact) mass is 433 g/mol. The van der Waals surface area contributed by atoms with Crippen molar-refractivity contribution >= 4 is 40.3 Å². The smallest absolute Gasteiger partial charge is 0.264 e. The lowest BCUT2D eigenvalue weighted by Crippen LogP contribution is -2.48. The van der Waals surface area contributed by atoms with Gasteiger partial charge >= 0.3 is 0 Å². The molecule has 31 heavy (non-hydrogen) atoms. The van der Waals surface area contributed by atoms with Crippen molar-refractivity contribution < 1.29 is 4.79 Å². The van der Waals surface area contributed by atoms with Crippen LogP contribution in [-0.2, 0) is 11.2 Å². The molecule has 2 aliphatic rings. The van der Waals surface area contributed by atoms with E-state index in [0.29, 0.717) is 16.0 Å². The predicted molar refractivity (Wildman–Crippen MR) is 133 cm³/mol. The minimum Gasteiger partial charge on any atom is -0.366 e. The van der Waals surface area contributed by atoms with E-state index in [-0.39, 0.29) is 11.4 Å². The average molecular weight is 434 g/mol. The van der Waals surface area contributed by atoms with Crippen molar-refractivity contribution in [3.05, 3.63) is 64.1 Å². The van der Waals surface area contributed by atoms with Crippen LogP contribution in [0, 0.1) is 0 Å². The van der Waals surface area contributed by atoms with E-state index in [4.69, 9.17) is 0 Å². The molecule has 1 N–H and O–H groups in total. The van der Waals surface area contributed by atoms with E-state index in [0.717, 1.165) is 30.6 Å². The van der Waals surface area contributed by atoms with Gasteiger partial charge in [0.05, 0.1) is 10.6 Å². The number of rotatable bonds is 4. The molecular formula is C26H31N3OS. The first-order valence-electron chi connectivity index (χ1n) is 11.1. The van der Waals surface area contributed by atoms with Crippen molar-refractivity contribution in [1.29, 1.82) is 0 Å². The summed E-state index contributed by atoms with van der Waals surface area (Å²) in [6.07, 6.45) is 4.10. The number of nitrogens with zero attached hydrogens (tertiary/aromatic N) is 2. The quantitative estimate of drug-likeness (QED) is 0.579. The van der Waals surface area contributed by atoms with E-state index >= 15 is 0 Å². The molecule has 162 valence electrons. The maximum absolute atomic E-state index is 12.5. The van der Waals surface area contributed by atoms with Gasteiger partial charge in [0.1, 0.15) is 0 Å². The van der Waals surface area contributed by atoms with Crippen LogP contribution in [-0.4, -0.2) is 23.2 Å².